The number of halogens is 1. The van der Waals surface area contributed by atoms with Crippen LogP contribution in [-0.4, -0.2) is 58.5 Å². The molecular formula is C16H17ClN4O3. The van der Waals surface area contributed by atoms with Crippen molar-refractivity contribution in [1.82, 2.24) is 20.0 Å². The molecule has 2 amide bonds. The van der Waals surface area contributed by atoms with Crippen molar-refractivity contribution in [3.05, 3.63) is 35.2 Å². The van der Waals surface area contributed by atoms with Gasteiger partial charge in [-0.1, -0.05) is 11.6 Å². The predicted octanol–water partition coefficient (Wildman–Crippen LogP) is 1.62. The largest absolute Gasteiger partial charge is 0.421 e. The molecule has 1 fully saturated rings. The monoisotopic (exact) mass is 348 g/mol. The molecule has 7 nitrogen and oxygen atoms in total. The third-order valence-electron chi connectivity index (χ3n) is 3.93. The van der Waals surface area contributed by atoms with Crippen molar-refractivity contribution >= 4 is 23.9 Å². The summed E-state index contributed by atoms with van der Waals surface area (Å²) >= 11 is 5.85. The lowest BCUT2D eigenvalue weighted by Gasteiger charge is -2.32. The molecule has 0 bridgehead atoms. The van der Waals surface area contributed by atoms with E-state index in [-0.39, 0.29) is 5.91 Å². The normalized spacial score (nSPS) is 14.7. The SMILES string of the molecule is O=CN1CCN(C(=O)CCc2nnc(-c3ccc(Cl)cc3)o2)CC1. The third-order valence-corrected chi connectivity index (χ3v) is 4.18. The van der Waals surface area contributed by atoms with Gasteiger partial charge in [-0.3, -0.25) is 9.59 Å². The molecule has 0 radical (unpaired) electrons. The van der Waals surface area contributed by atoms with Gasteiger partial charge in [0.25, 0.3) is 0 Å². The van der Waals surface area contributed by atoms with Gasteiger partial charge in [-0.25, -0.2) is 0 Å². The minimum Gasteiger partial charge on any atom is -0.421 e. The number of carbonyl (C=O) groups is 2. The summed E-state index contributed by atoms with van der Waals surface area (Å²) in [5, 5.41) is 8.62. The molecule has 2 aromatic rings. The number of carbonyl (C=O) groups excluding carboxylic acids is 2. The standard InChI is InChI=1S/C16H17ClN4O3/c17-13-3-1-12(2-4-13)16-19-18-14(24-16)5-6-15(23)21-9-7-20(11-22)8-10-21/h1-4,11H,5-10H2. The van der Waals surface area contributed by atoms with E-state index in [1.165, 1.54) is 0 Å². The van der Waals surface area contributed by atoms with Gasteiger partial charge in [0.2, 0.25) is 24.1 Å². The summed E-state index contributed by atoms with van der Waals surface area (Å²) in [4.78, 5) is 26.3. The second kappa shape index (κ2) is 7.44. The first kappa shape index (κ1) is 16.4. The van der Waals surface area contributed by atoms with E-state index in [1.54, 1.807) is 34.1 Å². The number of hydrogen-bond donors (Lipinski definition) is 0. The third kappa shape index (κ3) is 3.91. The van der Waals surface area contributed by atoms with E-state index in [9.17, 15) is 9.59 Å². The Balaban J connectivity index is 1.53. The Kier molecular flexibility index (Phi) is 5.10. The average molecular weight is 349 g/mol. The molecule has 1 aliphatic rings. The van der Waals surface area contributed by atoms with E-state index < -0.39 is 0 Å². The van der Waals surface area contributed by atoms with Crippen molar-refractivity contribution in [2.24, 2.45) is 0 Å². The highest BCUT2D eigenvalue weighted by Crippen LogP contribution is 2.20. The van der Waals surface area contributed by atoms with Crippen LogP contribution in [0.2, 0.25) is 5.02 Å². The van der Waals surface area contributed by atoms with Crippen molar-refractivity contribution in [3.63, 3.8) is 0 Å². The number of benzene rings is 1. The van der Waals surface area contributed by atoms with Crippen LogP contribution in [0.4, 0.5) is 0 Å². The molecule has 0 saturated carbocycles. The quantitative estimate of drug-likeness (QED) is 0.767. The van der Waals surface area contributed by atoms with Gasteiger partial charge in [0.05, 0.1) is 0 Å². The van der Waals surface area contributed by atoms with E-state index in [1.807, 2.05) is 0 Å². The number of aryl methyl sites for hydroxylation is 1. The highest BCUT2D eigenvalue weighted by atomic mass is 35.5. The van der Waals surface area contributed by atoms with Crippen molar-refractivity contribution in [1.29, 1.82) is 0 Å². The maximum absolute atomic E-state index is 12.2. The van der Waals surface area contributed by atoms with Crippen LogP contribution in [0.5, 0.6) is 0 Å². The van der Waals surface area contributed by atoms with Crippen LogP contribution in [-0.2, 0) is 16.0 Å². The van der Waals surface area contributed by atoms with Gasteiger partial charge < -0.3 is 14.2 Å². The molecule has 0 spiro atoms. The topological polar surface area (TPSA) is 79.5 Å². The molecule has 1 saturated heterocycles. The fourth-order valence-electron chi connectivity index (χ4n) is 2.51. The summed E-state index contributed by atoms with van der Waals surface area (Å²) in [5.41, 5.74) is 0.787. The molecule has 3 rings (SSSR count). The molecule has 2 heterocycles. The molecule has 24 heavy (non-hydrogen) atoms. The smallest absolute Gasteiger partial charge is 0.247 e. The minimum absolute atomic E-state index is 0.0341. The van der Waals surface area contributed by atoms with Gasteiger partial charge in [-0.15, -0.1) is 10.2 Å². The first-order valence-electron chi connectivity index (χ1n) is 7.71. The molecule has 126 valence electrons. The molecule has 8 heteroatoms. The van der Waals surface area contributed by atoms with E-state index >= 15 is 0 Å². The van der Waals surface area contributed by atoms with E-state index in [2.05, 4.69) is 10.2 Å². The molecule has 0 aliphatic carbocycles. The van der Waals surface area contributed by atoms with Gasteiger partial charge in [-0.05, 0) is 24.3 Å². The van der Waals surface area contributed by atoms with Gasteiger partial charge in [0.1, 0.15) is 0 Å². The Labute approximate surface area is 144 Å². The minimum atomic E-state index is 0.0341. The first-order valence-corrected chi connectivity index (χ1v) is 8.09. The van der Waals surface area contributed by atoms with Crippen LogP contribution >= 0.6 is 11.6 Å². The zero-order valence-corrected chi connectivity index (χ0v) is 13.8. The number of aromatic nitrogens is 2. The highest BCUT2D eigenvalue weighted by Gasteiger charge is 2.20. The number of piperazine rings is 1. The van der Waals surface area contributed by atoms with Crippen molar-refractivity contribution in [2.45, 2.75) is 12.8 Å². The molecule has 0 N–H and O–H groups in total. The fraction of sp³-hybridized carbons (Fsp3) is 0.375. The van der Waals surface area contributed by atoms with Crippen molar-refractivity contribution in [2.75, 3.05) is 26.2 Å². The number of amides is 2. The zero-order valence-electron chi connectivity index (χ0n) is 13.0. The van der Waals surface area contributed by atoms with Crippen molar-refractivity contribution < 1.29 is 14.0 Å². The lowest BCUT2D eigenvalue weighted by atomic mass is 10.2. The Morgan fingerprint density at radius 3 is 2.54 bits per heavy atom. The van der Waals surface area contributed by atoms with Crippen LogP contribution in [0, 0.1) is 0 Å². The molecule has 0 atom stereocenters. The lowest BCUT2D eigenvalue weighted by Crippen LogP contribution is -2.48. The van der Waals surface area contributed by atoms with Crippen LogP contribution in [0.25, 0.3) is 11.5 Å². The van der Waals surface area contributed by atoms with Crippen LogP contribution in [0.1, 0.15) is 12.3 Å². The maximum atomic E-state index is 12.2. The Morgan fingerprint density at radius 1 is 1.17 bits per heavy atom. The summed E-state index contributed by atoms with van der Waals surface area (Å²) in [6.07, 6.45) is 1.52. The molecule has 1 aromatic heterocycles. The van der Waals surface area contributed by atoms with Gasteiger partial charge in [-0.2, -0.15) is 0 Å². The Morgan fingerprint density at radius 2 is 1.88 bits per heavy atom. The molecule has 0 unspecified atom stereocenters. The summed E-state index contributed by atoms with van der Waals surface area (Å²) in [5.74, 6) is 0.875. The van der Waals surface area contributed by atoms with Crippen LogP contribution < -0.4 is 0 Å². The summed E-state index contributed by atoms with van der Waals surface area (Å²) in [6, 6.07) is 7.11. The van der Waals surface area contributed by atoms with E-state index in [0.29, 0.717) is 55.8 Å². The van der Waals surface area contributed by atoms with Crippen LogP contribution in [0.15, 0.2) is 28.7 Å². The average Bonchev–Trinajstić information content (AvgIpc) is 3.09. The van der Waals surface area contributed by atoms with Gasteiger partial charge >= 0.3 is 0 Å². The fourth-order valence-corrected chi connectivity index (χ4v) is 2.64. The second-order valence-corrected chi connectivity index (χ2v) is 5.97. The number of hydrogen-bond acceptors (Lipinski definition) is 5. The summed E-state index contributed by atoms with van der Waals surface area (Å²) in [6.45, 7) is 2.29. The summed E-state index contributed by atoms with van der Waals surface area (Å²) in [7, 11) is 0. The van der Waals surface area contributed by atoms with E-state index in [0.717, 1.165) is 12.0 Å². The van der Waals surface area contributed by atoms with Gasteiger partial charge in [0, 0.05) is 49.6 Å². The number of rotatable bonds is 5. The number of nitrogens with zero attached hydrogens (tertiary/aromatic N) is 4. The highest BCUT2D eigenvalue weighted by molar-refractivity contribution is 6.30. The maximum Gasteiger partial charge on any atom is 0.247 e. The van der Waals surface area contributed by atoms with Crippen LogP contribution in [0.3, 0.4) is 0 Å². The van der Waals surface area contributed by atoms with E-state index in [4.69, 9.17) is 16.0 Å². The molecule has 1 aliphatic heterocycles. The Bertz CT molecular complexity index is 708. The predicted molar refractivity (Wildman–Crippen MR) is 87.3 cm³/mol. The lowest BCUT2D eigenvalue weighted by molar-refractivity contribution is -0.135. The zero-order chi connectivity index (χ0) is 16.9. The molecular weight excluding hydrogens is 332 g/mol. The first-order chi connectivity index (χ1) is 11.7. The van der Waals surface area contributed by atoms with Gasteiger partial charge in [0.15, 0.2) is 0 Å². The molecule has 1 aromatic carbocycles. The Hall–Kier alpha value is -2.41. The second-order valence-electron chi connectivity index (χ2n) is 5.53. The van der Waals surface area contributed by atoms with Crippen molar-refractivity contribution in [3.8, 4) is 11.5 Å². The summed E-state index contributed by atoms with van der Waals surface area (Å²) < 4.78 is 5.59.